The number of aromatic nitrogens is 1. The highest BCUT2D eigenvalue weighted by molar-refractivity contribution is 5.42. The van der Waals surface area contributed by atoms with E-state index in [9.17, 15) is 20.0 Å². The average molecular weight is 260 g/mol. The zero-order valence-corrected chi connectivity index (χ0v) is 10.2. The second-order valence-electron chi connectivity index (χ2n) is 4.05. The van der Waals surface area contributed by atoms with Gasteiger partial charge in [0.1, 0.15) is 0 Å². The predicted octanol–water partition coefficient (Wildman–Crippen LogP) is 1.55. The van der Waals surface area contributed by atoms with Crippen LogP contribution >= 0.6 is 0 Å². The lowest BCUT2D eigenvalue weighted by Gasteiger charge is -2.12. The smallest absolute Gasteiger partial charge is 0.269 e. The monoisotopic (exact) mass is 260 g/mol. The first-order valence-electron chi connectivity index (χ1n) is 5.61. The van der Waals surface area contributed by atoms with Crippen LogP contribution in [-0.4, -0.2) is 14.6 Å². The van der Waals surface area contributed by atoms with Gasteiger partial charge in [0.25, 0.3) is 5.69 Å². The Hall–Kier alpha value is -2.47. The van der Waals surface area contributed by atoms with Crippen LogP contribution in [0.1, 0.15) is 11.3 Å². The SMILES string of the molecule is Cc1c(CO)c(=O)ccn1-c1ccc([N+](=O)[O-])cc1. The van der Waals surface area contributed by atoms with Crippen LogP contribution in [0.2, 0.25) is 0 Å². The molecule has 6 nitrogen and oxygen atoms in total. The first-order chi connectivity index (χ1) is 9.04. The molecule has 98 valence electrons. The van der Waals surface area contributed by atoms with Crippen molar-refractivity contribution >= 4 is 5.69 Å². The number of benzene rings is 1. The Labute approximate surface area is 108 Å². The zero-order valence-electron chi connectivity index (χ0n) is 10.2. The first-order valence-corrected chi connectivity index (χ1v) is 5.61. The maximum absolute atomic E-state index is 11.5. The number of rotatable bonds is 3. The molecule has 6 heteroatoms. The molecule has 0 atom stereocenters. The fourth-order valence-electron chi connectivity index (χ4n) is 1.89. The van der Waals surface area contributed by atoms with E-state index < -0.39 is 4.92 Å². The molecule has 1 heterocycles. The molecule has 0 unspecified atom stereocenters. The number of nitro benzene ring substituents is 1. The van der Waals surface area contributed by atoms with E-state index in [-0.39, 0.29) is 17.7 Å². The lowest BCUT2D eigenvalue weighted by Crippen LogP contribution is -2.15. The minimum absolute atomic E-state index is 0.00447. The van der Waals surface area contributed by atoms with Crippen LogP contribution in [0.4, 0.5) is 5.69 Å². The van der Waals surface area contributed by atoms with Crippen molar-refractivity contribution in [1.82, 2.24) is 4.57 Å². The number of nitrogens with zero attached hydrogens (tertiary/aromatic N) is 2. The standard InChI is InChI=1S/C13H12N2O4/c1-9-12(8-16)13(17)6-7-14(9)10-2-4-11(5-3-10)15(18)19/h2-7,16H,8H2,1H3. The summed E-state index contributed by atoms with van der Waals surface area (Å²) >= 11 is 0. The number of hydrogen-bond acceptors (Lipinski definition) is 4. The van der Waals surface area contributed by atoms with E-state index in [0.29, 0.717) is 16.9 Å². The summed E-state index contributed by atoms with van der Waals surface area (Å²) in [5.41, 5.74) is 1.41. The Morgan fingerprint density at radius 3 is 2.42 bits per heavy atom. The summed E-state index contributed by atoms with van der Waals surface area (Å²) in [5, 5.41) is 19.8. The quantitative estimate of drug-likeness (QED) is 0.670. The third-order valence-corrected chi connectivity index (χ3v) is 2.97. The van der Waals surface area contributed by atoms with Crippen LogP contribution in [0.3, 0.4) is 0 Å². The van der Waals surface area contributed by atoms with Gasteiger partial charge in [-0.15, -0.1) is 0 Å². The molecule has 19 heavy (non-hydrogen) atoms. The number of pyridine rings is 1. The highest BCUT2D eigenvalue weighted by Gasteiger charge is 2.09. The van der Waals surface area contributed by atoms with E-state index in [1.165, 1.54) is 18.2 Å². The summed E-state index contributed by atoms with van der Waals surface area (Å²) < 4.78 is 1.71. The molecule has 0 fully saturated rings. The Kier molecular flexibility index (Phi) is 3.43. The van der Waals surface area contributed by atoms with Gasteiger partial charge >= 0.3 is 0 Å². The second kappa shape index (κ2) is 5.03. The normalized spacial score (nSPS) is 10.4. The van der Waals surface area contributed by atoms with Gasteiger partial charge in [0.05, 0.1) is 11.5 Å². The summed E-state index contributed by atoms with van der Waals surface area (Å²) in [4.78, 5) is 21.6. The first kappa shape index (κ1) is 13.0. The molecule has 2 rings (SSSR count). The Morgan fingerprint density at radius 2 is 1.89 bits per heavy atom. The summed E-state index contributed by atoms with van der Waals surface area (Å²) in [6.45, 7) is 1.38. The summed E-state index contributed by atoms with van der Waals surface area (Å²) in [6.07, 6.45) is 1.58. The van der Waals surface area contributed by atoms with E-state index in [1.807, 2.05) is 0 Å². The summed E-state index contributed by atoms with van der Waals surface area (Å²) in [6, 6.07) is 7.34. The van der Waals surface area contributed by atoms with Crippen molar-refractivity contribution in [2.75, 3.05) is 0 Å². The number of aliphatic hydroxyl groups is 1. The summed E-state index contributed by atoms with van der Waals surface area (Å²) in [5.74, 6) is 0. The molecule has 0 saturated heterocycles. The van der Waals surface area contributed by atoms with Crippen LogP contribution < -0.4 is 5.43 Å². The largest absolute Gasteiger partial charge is 0.391 e. The number of nitro groups is 1. The van der Waals surface area contributed by atoms with E-state index >= 15 is 0 Å². The van der Waals surface area contributed by atoms with Crippen LogP contribution in [-0.2, 0) is 6.61 Å². The molecule has 0 saturated carbocycles. The maximum atomic E-state index is 11.5. The minimum atomic E-state index is -0.471. The van der Waals surface area contributed by atoms with Gasteiger partial charge in [-0.05, 0) is 19.1 Å². The van der Waals surface area contributed by atoms with Crippen LogP contribution in [0, 0.1) is 17.0 Å². The molecule has 1 aromatic carbocycles. The van der Waals surface area contributed by atoms with E-state index in [4.69, 9.17) is 0 Å². The third kappa shape index (κ3) is 2.38. The maximum Gasteiger partial charge on any atom is 0.269 e. The molecule has 2 aromatic rings. The zero-order chi connectivity index (χ0) is 14.0. The van der Waals surface area contributed by atoms with Gasteiger partial charge in [-0.25, -0.2) is 0 Å². The Balaban J connectivity index is 2.53. The predicted molar refractivity (Wildman–Crippen MR) is 69.4 cm³/mol. The lowest BCUT2D eigenvalue weighted by molar-refractivity contribution is -0.384. The highest BCUT2D eigenvalue weighted by Crippen LogP contribution is 2.17. The van der Waals surface area contributed by atoms with Crippen molar-refractivity contribution < 1.29 is 10.0 Å². The van der Waals surface area contributed by atoms with Crippen LogP contribution in [0.15, 0.2) is 41.3 Å². The van der Waals surface area contributed by atoms with E-state index in [0.717, 1.165) is 0 Å². The minimum Gasteiger partial charge on any atom is -0.391 e. The molecule has 0 radical (unpaired) electrons. The number of aliphatic hydroxyl groups excluding tert-OH is 1. The van der Waals surface area contributed by atoms with Crippen molar-refractivity contribution in [3.05, 3.63) is 68.1 Å². The third-order valence-electron chi connectivity index (χ3n) is 2.97. The van der Waals surface area contributed by atoms with Gasteiger partial charge in [0.15, 0.2) is 5.43 Å². The Morgan fingerprint density at radius 1 is 1.26 bits per heavy atom. The molecule has 0 bridgehead atoms. The number of non-ortho nitro benzene ring substituents is 1. The molecular formula is C13H12N2O4. The molecule has 0 aliphatic rings. The second-order valence-corrected chi connectivity index (χ2v) is 4.05. The van der Waals surface area contributed by atoms with Crippen molar-refractivity contribution in [3.63, 3.8) is 0 Å². The van der Waals surface area contributed by atoms with Gasteiger partial charge in [0.2, 0.25) is 0 Å². The van der Waals surface area contributed by atoms with Crippen molar-refractivity contribution in [2.45, 2.75) is 13.5 Å². The summed E-state index contributed by atoms with van der Waals surface area (Å²) in [7, 11) is 0. The van der Waals surface area contributed by atoms with Gasteiger partial charge in [-0.2, -0.15) is 0 Å². The fraction of sp³-hybridized carbons (Fsp3) is 0.154. The lowest BCUT2D eigenvalue weighted by atomic mass is 10.2. The molecule has 0 spiro atoms. The topological polar surface area (TPSA) is 85.4 Å². The van der Waals surface area contributed by atoms with Crippen molar-refractivity contribution in [3.8, 4) is 5.69 Å². The number of hydrogen-bond donors (Lipinski definition) is 1. The van der Waals surface area contributed by atoms with Gasteiger partial charge in [-0.3, -0.25) is 14.9 Å². The molecule has 1 N–H and O–H groups in total. The highest BCUT2D eigenvalue weighted by atomic mass is 16.6. The van der Waals surface area contributed by atoms with Gasteiger partial charge < -0.3 is 9.67 Å². The van der Waals surface area contributed by atoms with Gasteiger partial charge in [-0.1, -0.05) is 0 Å². The molecule has 0 aliphatic carbocycles. The van der Waals surface area contributed by atoms with Crippen LogP contribution in [0.5, 0.6) is 0 Å². The fourth-order valence-corrected chi connectivity index (χ4v) is 1.89. The molecular weight excluding hydrogens is 248 g/mol. The van der Waals surface area contributed by atoms with Crippen molar-refractivity contribution in [1.29, 1.82) is 0 Å². The van der Waals surface area contributed by atoms with Crippen LogP contribution in [0.25, 0.3) is 5.69 Å². The van der Waals surface area contributed by atoms with E-state index in [1.54, 1.807) is 29.8 Å². The molecule has 1 aromatic heterocycles. The average Bonchev–Trinajstić information content (AvgIpc) is 2.39. The Bertz CT molecular complexity index is 674. The molecule has 0 aliphatic heterocycles. The van der Waals surface area contributed by atoms with E-state index in [2.05, 4.69) is 0 Å². The molecule has 0 amide bonds. The van der Waals surface area contributed by atoms with Gasteiger partial charge in [0, 0.05) is 41.3 Å². The van der Waals surface area contributed by atoms with Crippen molar-refractivity contribution in [2.24, 2.45) is 0 Å².